The van der Waals surface area contributed by atoms with Gasteiger partial charge >= 0.3 is 6.09 Å². The normalized spacial score (nSPS) is 17.4. The lowest BCUT2D eigenvalue weighted by Crippen LogP contribution is -2.48. The van der Waals surface area contributed by atoms with Crippen molar-refractivity contribution >= 4 is 50.3 Å². The predicted molar refractivity (Wildman–Crippen MR) is 145 cm³/mol. The van der Waals surface area contributed by atoms with E-state index in [-0.39, 0.29) is 11.3 Å². The van der Waals surface area contributed by atoms with Gasteiger partial charge in [0.15, 0.2) is 5.13 Å². The second-order valence-electron chi connectivity index (χ2n) is 9.73. The Labute approximate surface area is 220 Å². The van der Waals surface area contributed by atoms with E-state index in [0.29, 0.717) is 34.8 Å². The van der Waals surface area contributed by atoms with Crippen LogP contribution in [0.3, 0.4) is 0 Å². The fourth-order valence-electron chi connectivity index (χ4n) is 5.13. The molecule has 2 fully saturated rings. The Kier molecular flexibility index (Phi) is 7.46. The average Bonchev–Trinajstić information content (AvgIpc) is 3.27. The summed E-state index contributed by atoms with van der Waals surface area (Å²) in [6.45, 7) is 7.42. The standard InChI is InChI=1S/C27H31ClN4O3S/c1-17-6-7-22-23(14-17)36-26(29-22)30-25(33)21-16-19(28)15-18(2)24(21)35-27(34)32-12-8-20(9-13-32)31-10-4-3-5-11-31/h6-7,14-16,20H,3-5,8-13H2,1-2H3,(H,29,30,33). The number of ether oxygens (including phenoxy) is 1. The average molecular weight is 527 g/mol. The second kappa shape index (κ2) is 10.7. The van der Waals surface area contributed by atoms with Gasteiger partial charge in [-0.2, -0.15) is 0 Å². The summed E-state index contributed by atoms with van der Waals surface area (Å²) in [5.41, 5.74) is 2.79. The largest absolute Gasteiger partial charge is 0.415 e. The van der Waals surface area contributed by atoms with E-state index in [1.54, 1.807) is 17.9 Å². The maximum atomic E-state index is 13.2. The van der Waals surface area contributed by atoms with Gasteiger partial charge in [0.05, 0.1) is 15.8 Å². The highest BCUT2D eigenvalue weighted by atomic mass is 35.5. The number of aromatic nitrogens is 1. The number of benzene rings is 2. The Morgan fingerprint density at radius 3 is 2.56 bits per heavy atom. The van der Waals surface area contributed by atoms with Gasteiger partial charge in [-0.25, -0.2) is 9.78 Å². The fraction of sp³-hybridized carbons (Fsp3) is 0.444. The number of fused-ring (bicyclic) bond motifs is 1. The molecule has 0 bridgehead atoms. The molecular formula is C27H31ClN4O3S. The first kappa shape index (κ1) is 25.0. The van der Waals surface area contributed by atoms with E-state index in [1.807, 2.05) is 25.1 Å². The van der Waals surface area contributed by atoms with E-state index in [0.717, 1.165) is 41.7 Å². The van der Waals surface area contributed by atoms with Crippen molar-refractivity contribution in [2.75, 3.05) is 31.5 Å². The molecule has 3 aromatic rings. The Morgan fingerprint density at radius 2 is 1.81 bits per heavy atom. The van der Waals surface area contributed by atoms with Gasteiger partial charge in [0.2, 0.25) is 0 Å². The number of piperidine rings is 2. The zero-order valence-electron chi connectivity index (χ0n) is 20.7. The van der Waals surface area contributed by atoms with Crippen molar-refractivity contribution in [2.24, 2.45) is 0 Å². The molecule has 2 aromatic carbocycles. The first-order valence-electron chi connectivity index (χ1n) is 12.6. The SMILES string of the molecule is Cc1ccc2nc(NC(=O)c3cc(Cl)cc(C)c3OC(=O)N3CCC(N4CCCCC4)CC3)sc2c1. The van der Waals surface area contributed by atoms with E-state index in [9.17, 15) is 9.59 Å². The third-order valence-corrected chi connectivity index (χ3v) is 8.22. The van der Waals surface area contributed by atoms with Crippen molar-refractivity contribution in [3.63, 3.8) is 0 Å². The maximum absolute atomic E-state index is 13.2. The van der Waals surface area contributed by atoms with Crippen LogP contribution in [0.25, 0.3) is 10.2 Å². The molecule has 7 nitrogen and oxygen atoms in total. The summed E-state index contributed by atoms with van der Waals surface area (Å²) < 4.78 is 6.81. The van der Waals surface area contributed by atoms with Gasteiger partial charge in [0.25, 0.3) is 5.91 Å². The number of likely N-dealkylation sites (tertiary alicyclic amines) is 2. The molecule has 0 aliphatic carbocycles. The zero-order valence-corrected chi connectivity index (χ0v) is 22.3. The number of aryl methyl sites for hydroxylation is 2. The first-order chi connectivity index (χ1) is 17.4. The summed E-state index contributed by atoms with van der Waals surface area (Å²) in [6, 6.07) is 9.72. The minimum Gasteiger partial charge on any atom is -0.409 e. The van der Waals surface area contributed by atoms with Crippen LogP contribution in [0.4, 0.5) is 9.93 Å². The van der Waals surface area contributed by atoms with Crippen molar-refractivity contribution in [1.82, 2.24) is 14.8 Å². The molecule has 1 N–H and O–H groups in total. The topological polar surface area (TPSA) is 74.8 Å². The van der Waals surface area contributed by atoms with Crippen molar-refractivity contribution in [3.8, 4) is 5.75 Å². The van der Waals surface area contributed by atoms with E-state index in [4.69, 9.17) is 16.3 Å². The smallest absolute Gasteiger partial charge is 0.409 e. The number of hydrogen-bond donors (Lipinski definition) is 1. The highest BCUT2D eigenvalue weighted by Gasteiger charge is 2.29. The summed E-state index contributed by atoms with van der Waals surface area (Å²) in [5, 5.41) is 3.74. The lowest BCUT2D eigenvalue weighted by atomic mass is 10.0. The van der Waals surface area contributed by atoms with Gasteiger partial charge in [0, 0.05) is 24.2 Å². The molecule has 2 aliphatic rings. The van der Waals surface area contributed by atoms with E-state index >= 15 is 0 Å². The van der Waals surface area contributed by atoms with Gasteiger partial charge in [-0.05, 0) is 88.0 Å². The minimum atomic E-state index is -0.429. The molecule has 2 amide bonds. The third kappa shape index (κ3) is 5.51. The summed E-state index contributed by atoms with van der Waals surface area (Å²) >= 11 is 7.68. The zero-order chi connectivity index (χ0) is 25.2. The van der Waals surface area contributed by atoms with Crippen molar-refractivity contribution in [1.29, 1.82) is 0 Å². The van der Waals surface area contributed by atoms with Crippen molar-refractivity contribution in [3.05, 3.63) is 52.0 Å². The molecule has 36 heavy (non-hydrogen) atoms. The Balaban J connectivity index is 1.28. The minimum absolute atomic E-state index is 0.215. The number of thiazole rings is 1. The van der Waals surface area contributed by atoms with E-state index in [2.05, 4.69) is 15.2 Å². The number of rotatable bonds is 4. The lowest BCUT2D eigenvalue weighted by molar-refractivity contribution is 0.0874. The van der Waals surface area contributed by atoms with Crippen molar-refractivity contribution in [2.45, 2.75) is 52.0 Å². The van der Waals surface area contributed by atoms with Crippen LogP contribution >= 0.6 is 22.9 Å². The molecule has 2 saturated heterocycles. The van der Waals surface area contributed by atoms with Crippen LogP contribution in [0.2, 0.25) is 5.02 Å². The second-order valence-corrected chi connectivity index (χ2v) is 11.2. The number of anilines is 1. The van der Waals surface area contributed by atoms with E-state index < -0.39 is 12.0 Å². The molecule has 0 saturated carbocycles. The predicted octanol–water partition coefficient (Wildman–Crippen LogP) is 6.27. The molecule has 0 radical (unpaired) electrons. The molecule has 190 valence electrons. The number of hydrogen-bond acceptors (Lipinski definition) is 6. The summed E-state index contributed by atoms with van der Waals surface area (Å²) in [5.74, 6) is -0.181. The molecule has 9 heteroatoms. The van der Waals surface area contributed by atoms with Crippen LogP contribution < -0.4 is 10.1 Å². The van der Waals surface area contributed by atoms with Gasteiger partial charge in [-0.3, -0.25) is 10.1 Å². The molecule has 1 aromatic heterocycles. The van der Waals surface area contributed by atoms with Gasteiger partial charge < -0.3 is 14.5 Å². The highest BCUT2D eigenvalue weighted by Crippen LogP contribution is 2.32. The fourth-order valence-corrected chi connectivity index (χ4v) is 6.36. The molecular weight excluding hydrogens is 496 g/mol. The monoisotopic (exact) mass is 526 g/mol. The van der Waals surface area contributed by atoms with Crippen molar-refractivity contribution < 1.29 is 14.3 Å². The van der Waals surface area contributed by atoms with Gasteiger partial charge in [-0.1, -0.05) is 35.4 Å². The number of carbonyl (C=O) groups is 2. The number of nitrogens with one attached hydrogen (secondary N) is 1. The van der Waals surface area contributed by atoms with Crippen LogP contribution in [0.5, 0.6) is 5.75 Å². The maximum Gasteiger partial charge on any atom is 0.415 e. The van der Waals surface area contributed by atoms with Crippen LogP contribution in [0, 0.1) is 13.8 Å². The molecule has 0 atom stereocenters. The van der Waals surface area contributed by atoms with Gasteiger partial charge in [0.1, 0.15) is 5.75 Å². The Morgan fingerprint density at radius 1 is 1.06 bits per heavy atom. The molecule has 0 spiro atoms. The Hall–Kier alpha value is -2.68. The number of amides is 2. The summed E-state index contributed by atoms with van der Waals surface area (Å²) in [7, 11) is 0. The van der Waals surface area contributed by atoms with Crippen LogP contribution in [0.1, 0.15) is 53.6 Å². The van der Waals surface area contributed by atoms with Gasteiger partial charge in [-0.15, -0.1) is 0 Å². The number of nitrogens with zero attached hydrogens (tertiary/aromatic N) is 3. The highest BCUT2D eigenvalue weighted by molar-refractivity contribution is 7.22. The molecule has 2 aliphatic heterocycles. The number of carbonyl (C=O) groups excluding carboxylic acids is 2. The number of halogens is 1. The quantitative estimate of drug-likeness (QED) is 0.434. The first-order valence-corrected chi connectivity index (χ1v) is 13.8. The molecule has 5 rings (SSSR count). The summed E-state index contributed by atoms with van der Waals surface area (Å²) in [6.07, 6.45) is 5.30. The summed E-state index contributed by atoms with van der Waals surface area (Å²) in [4.78, 5) is 35.2. The molecule has 3 heterocycles. The Bertz CT molecular complexity index is 1280. The lowest BCUT2D eigenvalue weighted by Gasteiger charge is -2.39. The third-order valence-electron chi connectivity index (χ3n) is 7.07. The molecule has 0 unspecified atom stereocenters. The van der Waals surface area contributed by atoms with Crippen LogP contribution in [-0.4, -0.2) is 59.0 Å². The van der Waals surface area contributed by atoms with Crippen LogP contribution in [0.15, 0.2) is 30.3 Å². The van der Waals surface area contributed by atoms with E-state index in [1.165, 1.54) is 36.7 Å². The van der Waals surface area contributed by atoms with Crippen LogP contribution in [-0.2, 0) is 0 Å².